The summed E-state index contributed by atoms with van der Waals surface area (Å²) < 4.78 is 6.46. The van der Waals surface area contributed by atoms with Gasteiger partial charge in [0, 0.05) is 19.1 Å². The summed E-state index contributed by atoms with van der Waals surface area (Å²) in [5.41, 5.74) is -0.262. The molecular weight excluding hydrogens is 244 g/mol. The second kappa shape index (κ2) is 5.06. The van der Waals surface area contributed by atoms with Crippen molar-refractivity contribution in [2.24, 2.45) is 5.92 Å². The van der Waals surface area contributed by atoms with Crippen LogP contribution in [0.15, 0.2) is 9.59 Å². The first kappa shape index (κ1) is 12.4. The number of hydrogen-bond donors (Lipinski definition) is 1. The number of ether oxygens (including phenoxy) is 1. The Morgan fingerprint density at radius 1 is 1.53 bits per heavy atom. The van der Waals surface area contributed by atoms with E-state index in [4.69, 9.17) is 16.3 Å². The predicted octanol–water partition coefficient (Wildman–Crippen LogP) is 0.789. The summed E-state index contributed by atoms with van der Waals surface area (Å²) in [6.45, 7) is 3.55. The van der Waals surface area contributed by atoms with Gasteiger partial charge < -0.3 is 4.74 Å². The van der Waals surface area contributed by atoms with Crippen LogP contribution in [0.25, 0.3) is 0 Å². The quantitative estimate of drug-likeness (QED) is 0.816. The van der Waals surface area contributed by atoms with Crippen LogP contribution in [0.1, 0.15) is 18.9 Å². The highest BCUT2D eigenvalue weighted by atomic mass is 35.5. The number of aromatic amines is 1. The molecule has 1 unspecified atom stereocenters. The standard InChI is InChI=1S/C11H15ClN2O3/c1-2-8-9(12)13-11(16)14(10(8)15)5-7-3-4-17-6-7/h7H,2-6H2,1H3,(H,13,16). The molecule has 1 atom stereocenters. The van der Waals surface area contributed by atoms with Gasteiger partial charge in [-0.25, -0.2) is 4.79 Å². The lowest BCUT2D eigenvalue weighted by Gasteiger charge is -2.11. The number of halogens is 1. The summed E-state index contributed by atoms with van der Waals surface area (Å²) in [5, 5.41) is 0.154. The van der Waals surface area contributed by atoms with E-state index in [-0.39, 0.29) is 16.6 Å². The first-order valence-electron chi connectivity index (χ1n) is 5.72. The fraction of sp³-hybridized carbons (Fsp3) is 0.636. The first-order valence-corrected chi connectivity index (χ1v) is 6.10. The van der Waals surface area contributed by atoms with Crippen molar-refractivity contribution in [1.82, 2.24) is 9.55 Å². The molecule has 1 aromatic heterocycles. The molecule has 0 saturated carbocycles. The molecule has 94 valence electrons. The maximum atomic E-state index is 12.0. The minimum Gasteiger partial charge on any atom is -0.381 e. The minimum absolute atomic E-state index is 0.154. The van der Waals surface area contributed by atoms with Gasteiger partial charge in [0.25, 0.3) is 5.56 Å². The Hall–Kier alpha value is -1.07. The monoisotopic (exact) mass is 258 g/mol. The average Bonchev–Trinajstić information content (AvgIpc) is 2.77. The van der Waals surface area contributed by atoms with E-state index in [1.165, 1.54) is 4.57 Å². The maximum Gasteiger partial charge on any atom is 0.329 e. The van der Waals surface area contributed by atoms with E-state index in [1.807, 2.05) is 6.92 Å². The molecule has 0 radical (unpaired) electrons. The van der Waals surface area contributed by atoms with Gasteiger partial charge in [-0.3, -0.25) is 14.3 Å². The lowest BCUT2D eigenvalue weighted by Crippen LogP contribution is -2.39. The van der Waals surface area contributed by atoms with Gasteiger partial charge in [0.1, 0.15) is 5.15 Å². The van der Waals surface area contributed by atoms with Crippen molar-refractivity contribution in [2.75, 3.05) is 13.2 Å². The topological polar surface area (TPSA) is 64.1 Å². The lowest BCUT2D eigenvalue weighted by atomic mass is 10.1. The van der Waals surface area contributed by atoms with Gasteiger partial charge in [-0.1, -0.05) is 18.5 Å². The zero-order chi connectivity index (χ0) is 12.4. The second-order valence-corrected chi connectivity index (χ2v) is 4.60. The summed E-state index contributed by atoms with van der Waals surface area (Å²) in [4.78, 5) is 26.3. The summed E-state index contributed by atoms with van der Waals surface area (Å²) >= 11 is 5.83. The molecular formula is C11H15ClN2O3. The molecule has 1 saturated heterocycles. The van der Waals surface area contributed by atoms with Gasteiger partial charge in [-0.2, -0.15) is 0 Å². The lowest BCUT2D eigenvalue weighted by molar-refractivity contribution is 0.182. The fourth-order valence-corrected chi connectivity index (χ4v) is 2.34. The maximum absolute atomic E-state index is 12.0. The molecule has 1 fully saturated rings. The molecule has 1 N–H and O–H groups in total. The third kappa shape index (κ3) is 2.45. The summed E-state index contributed by atoms with van der Waals surface area (Å²) in [5.74, 6) is 0.236. The molecule has 0 spiro atoms. The van der Waals surface area contributed by atoms with E-state index in [0.29, 0.717) is 31.7 Å². The Morgan fingerprint density at radius 2 is 2.29 bits per heavy atom. The third-order valence-electron chi connectivity index (χ3n) is 3.05. The predicted molar refractivity (Wildman–Crippen MR) is 64.6 cm³/mol. The molecule has 0 aromatic carbocycles. The minimum atomic E-state index is -0.441. The number of aromatic nitrogens is 2. The molecule has 6 heteroatoms. The Balaban J connectivity index is 2.39. The van der Waals surface area contributed by atoms with Gasteiger partial charge in [0.05, 0.1) is 12.2 Å². The van der Waals surface area contributed by atoms with E-state index in [9.17, 15) is 9.59 Å². The largest absolute Gasteiger partial charge is 0.381 e. The Bertz CT molecular complexity index is 514. The van der Waals surface area contributed by atoms with Crippen molar-refractivity contribution in [3.8, 4) is 0 Å². The van der Waals surface area contributed by atoms with Crippen molar-refractivity contribution in [3.63, 3.8) is 0 Å². The summed E-state index contributed by atoms with van der Waals surface area (Å²) in [7, 11) is 0. The zero-order valence-electron chi connectivity index (χ0n) is 9.66. The molecule has 1 aromatic rings. The van der Waals surface area contributed by atoms with Crippen LogP contribution in [0.5, 0.6) is 0 Å². The number of rotatable bonds is 3. The normalized spacial score (nSPS) is 19.8. The second-order valence-electron chi connectivity index (χ2n) is 4.22. The first-order chi connectivity index (χ1) is 8.13. The van der Waals surface area contributed by atoms with Crippen LogP contribution >= 0.6 is 11.6 Å². The van der Waals surface area contributed by atoms with E-state index in [1.54, 1.807) is 0 Å². The van der Waals surface area contributed by atoms with Crippen molar-refractivity contribution in [3.05, 3.63) is 31.6 Å². The number of nitrogens with zero attached hydrogens (tertiary/aromatic N) is 1. The molecule has 17 heavy (non-hydrogen) atoms. The van der Waals surface area contributed by atoms with Crippen molar-refractivity contribution >= 4 is 11.6 Å². The van der Waals surface area contributed by atoms with Crippen molar-refractivity contribution in [1.29, 1.82) is 0 Å². The third-order valence-corrected chi connectivity index (χ3v) is 3.37. The summed E-state index contributed by atoms with van der Waals surface area (Å²) in [6, 6.07) is 0. The van der Waals surface area contributed by atoms with Gasteiger partial charge in [-0.15, -0.1) is 0 Å². The van der Waals surface area contributed by atoms with E-state index in [0.717, 1.165) is 6.42 Å². The Morgan fingerprint density at radius 3 is 2.88 bits per heavy atom. The Labute approximate surface area is 103 Å². The van der Waals surface area contributed by atoms with Gasteiger partial charge in [0.2, 0.25) is 0 Å². The highest BCUT2D eigenvalue weighted by Gasteiger charge is 2.19. The molecule has 1 aliphatic rings. The number of nitrogens with one attached hydrogen (secondary N) is 1. The SMILES string of the molecule is CCc1c(Cl)[nH]c(=O)n(CC2CCOC2)c1=O. The molecule has 0 bridgehead atoms. The molecule has 0 amide bonds. The van der Waals surface area contributed by atoms with Crippen LogP contribution in [0.4, 0.5) is 0 Å². The van der Waals surface area contributed by atoms with Crippen LogP contribution in [0.2, 0.25) is 5.15 Å². The smallest absolute Gasteiger partial charge is 0.329 e. The highest BCUT2D eigenvalue weighted by Crippen LogP contribution is 2.13. The molecule has 2 rings (SSSR count). The van der Waals surface area contributed by atoms with Crippen molar-refractivity contribution < 1.29 is 4.74 Å². The van der Waals surface area contributed by atoms with Crippen LogP contribution in [-0.4, -0.2) is 22.8 Å². The Kier molecular flexibility index (Phi) is 3.69. The molecule has 0 aliphatic carbocycles. The summed E-state index contributed by atoms with van der Waals surface area (Å²) in [6.07, 6.45) is 1.39. The van der Waals surface area contributed by atoms with Crippen LogP contribution in [-0.2, 0) is 17.7 Å². The van der Waals surface area contributed by atoms with E-state index in [2.05, 4.69) is 4.98 Å². The molecule has 1 aliphatic heterocycles. The van der Waals surface area contributed by atoms with Gasteiger partial charge in [-0.05, 0) is 12.8 Å². The van der Waals surface area contributed by atoms with E-state index < -0.39 is 5.69 Å². The van der Waals surface area contributed by atoms with Crippen molar-refractivity contribution in [2.45, 2.75) is 26.3 Å². The van der Waals surface area contributed by atoms with Gasteiger partial charge >= 0.3 is 5.69 Å². The number of H-pyrrole nitrogens is 1. The van der Waals surface area contributed by atoms with Crippen LogP contribution < -0.4 is 11.2 Å². The highest BCUT2D eigenvalue weighted by molar-refractivity contribution is 6.30. The van der Waals surface area contributed by atoms with Gasteiger partial charge in [0.15, 0.2) is 0 Å². The average molecular weight is 259 g/mol. The number of hydrogen-bond acceptors (Lipinski definition) is 3. The van der Waals surface area contributed by atoms with E-state index >= 15 is 0 Å². The van der Waals surface area contributed by atoms with Crippen LogP contribution in [0.3, 0.4) is 0 Å². The molecule has 5 nitrogen and oxygen atoms in total. The fourth-order valence-electron chi connectivity index (χ4n) is 2.04. The van der Waals surface area contributed by atoms with Crippen LogP contribution in [0, 0.1) is 5.92 Å². The zero-order valence-corrected chi connectivity index (χ0v) is 10.4. The molecule has 2 heterocycles.